The van der Waals surface area contributed by atoms with Gasteiger partial charge in [-0.2, -0.15) is 0 Å². The lowest BCUT2D eigenvalue weighted by Gasteiger charge is -2.28. The molecule has 0 unspecified atom stereocenters. The highest BCUT2D eigenvalue weighted by molar-refractivity contribution is 5.73. The van der Waals surface area contributed by atoms with E-state index in [1.165, 1.54) is 0 Å². The second-order valence-electron chi connectivity index (χ2n) is 6.88. The smallest absolute Gasteiger partial charge is 0.407 e. The molecule has 0 saturated heterocycles. The van der Waals surface area contributed by atoms with Crippen molar-refractivity contribution in [3.05, 3.63) is 35.9 Å². The van der Waals surface area contributed by atoms with Gasteiger partial charge in [0.05, 0.1) is 12.5 Å². The molecular formula is C20H31NO6. The molecule has 1 amide bonds. The van der Waals surface area contributed by atoms with Crippen LogP contribution in [0.1, 0.15) is 46.6 Å². The molecule has 1 aromatic carbocycles. The Morgan fingerprint density at radius 3 is 2.15 bits per heavy atom. The van der Waals surface area contributed by atoms with Crippen molar-refractivity contribution >= 4 is 12.1 Å². The van der Waals surface area contributed by atoms with Gasteiger partial charge < -0.3 is 24.3 Å². The average Bonchev–Trinajstić information content (AvgIpc) is 2.58. The lowest BCUT2D eigenvalue weighted by Crippen LogP contribution is -2.48. The van der Waals surface area contributed by atoms with Crippen LogP contribution in [0.2, 0.25) is 0 Å². The fourth-order valence-corrected chi connectivity index (χ4v) is 2.30. The predicted molar refractivity (Wildman–Crippen MR) is 101 cm³/mol. The minimum Gasteiger partial charge on any atom is -0.460 e. The van der Waals surface area contributed by atoms with E-state index in [-0.39, 0.29) is 13.0 Å². The number of hydrogen-bond donors (Lipinski definition) is 1. The van der Waals surface area contributed by atoms with Crippen molar-refractivity contribution < 1.29 is 28.5 Å². The van der Waals surface area contributed by atoms with Crippen molar-refractivity contribution in [3.63, 3.8) is 0 Å². The van der Waals surface area contributed by atoms with Crippen molar-refractivity contribution in [1.82, 2.24) is 5.32 Å². The van der Waals surface area contributed by atoms with Gasteiger partial charge in [0, 0.05) is 13.2 Å². The molecule has 0 aliphatic rings. The first-order chi connectivity index (χ1) is 12.7. The molecule has 1 N–H and O–H groups in total. The predicted octanol–water partition coefficient (Wildman–Crippen LogP) is 3.41. The van der Waals surface area contributed by atoms with Crippen LogP contribution in [0, 0.1) is 0 Å². The number of alkyl carbamates (subject to hydrolysis) is 1. The number of benzene rings is 1. The van der Waals surface area contributed by atoms with E-state index in [9.17, 15) is 9.59 Å². The van der Waals surface area contributed by atoms with Gasteiger partial charge in [-0.3, -0.25) is 4.79 Å². The Labute approximate surface area is 161 Å². The zero-order valence-electron chi connectivity index (χ0n) is 16.8. The molecule has 0 fully saturated rings. The van der Waals surface area contributed by atoms with E-state index in [0.717, 1.165) is 5.56 Å². The number of carbonyl (C=O) groups is 2. The van der Waals surface area contributed by atoms with E-state index in [0.29, 0.717) is 13.2 Å². The standard InChI is InChI=1S/C20H31NO6/c1-6-24-18(25-7-2)16(13-17(22)27-20(3,4)5)21-19(23)26-14-15-11-9-8-10-12-15/h8-12,16,18H,6-7,13-14H2,1-5H3,(H,21,23)/t16-/m0/s1. The van der Waals surface area contributed by atoms with Crippen LogP contribution in [-0.2, 0) is 30.3 Å². The number of amides is 1. The number of carbonyl (C=O) groups excluding carboxylic acids is 2. The summed E-state index contributed by atoms with van der Waals surface area (Å²) in [5.41, 5.74) is 0.241. The SMILES string of the molecule is CCOC(OCC)[C@H](CC(=O)OC(C)(C)C)NC(=O)OCc1ccccc1. The summed E-state index contributed by atoms with van der Waals surface area (Å²) in [5, 5.41) is 2.66. The van der Waals surface area contributed by atoms with Gasteiger partial charge in [-0.25, -0.2) is 4.79 Å². The van der Waals surface area contributed by atoms with Gasteiger partial charge in [0.2, 0.25) is 0 Å². The summed E-state index contributed by atoms with van der Waals surface area (Å²) in [4.78, 5) is 24.4. The Bertz CT molecular complexity index is 564. The zero-order valence-corrected chi connectivity index (χ0v) is 16.8. The molecule has 7 heteroatoms. The monoisotopic (exact) mass is 381 g/mol. The van der Waals surface area contributed by atoms with Crippen molar-refractivity contribution in [2.24, 2.45) is 0 Å². The van der Waals surface area contributed by atoms with Gasteiger partial charge in [0.25, 0.3) is 0 Å². The molecule has 7 nitrogen and oxygen atoms in total. The number of hydrogen-bond acceptors (Lipinski definition) is 6. The van der Waals surface area contributed by atoms with E-state index in [1.807, 2.05) is 44.2 Å². The van der Waals surface area contributed by atoms with E-state index >= 15 is 0 Å². The molecule has 0 heterocycles. The fraction of sp³-hybridized carbons (Fsp3) is 0.600. The lowest BCUT2D eigenvalue weighted by molar-refractivity contribution is -0.170. The van der Waals surface area contributed by atoms with Crippen LogP contribution in [0.5, 0.6) is 0 Å². The third kappa shape index (κ3) is 9.96. The molecule has 152 valence electrons. The Morgan fingerprint density at radius 1 is 1.04 bits per heavy atom. The summed E-state index contributed by atoms with van der Waals surface area (Å²) in [5.74, 6) is -0.458. The van der Waals surface area contributed by atoms with E-state index in [2.05, 4.69) is 5.32 Å². The summed E-state index contributed by atoms with van der Waals surface area (Å²) in [6.45, 7) is 9.83. The van der Waals surface area contributed by atoms with Crippen molar-refractivity contribution in [1.29, 1.82) is 0 Å². The summed E-state index contributed by atoms with van der Waals surface area (Å²) in [6, 6.07) is 8.59. The number of ether oxygens (including phenoxy) is 4. The number of esters is 1. The lowest BCUT2D eigenvalue weighted by atomic mass is 10.1. The van der Waals surface area contributed by atoms with Crippen LogP contribution in [0.3, 0.4) is 0 Å². The zero-order chi connectivity index (χ0) is 20.3. The van der Waals surface area contributed by atoms with E-state index in [4.69, 9.17) is 18.9 Å². The maximum Gasteiger partial charge on any atom is 0.407 e. The number of rotatable bonds is 10. The van der Waals surface area contributed by atoms with Crippen LogP contribution in [0.4, 0.5) is 4.79 Å². The van der Waals surface area contributed by atoms with Crippen molar-refractivity contribution in [2.45, 2.75) is 65.6 Å². The highest BCUT2D eigenvalue weighted by atomic mass is 16.7. The van der Waals surface area contributed by atoms with Gasteiger partial charge in [-0.1, -0.05) is 30.3 Å². The molecule has 1 atom stereocenters. The largest absolute Gasteiger partial charge is 0.460 e. The third-order valence-electron chi connectivity index (χ3n) is 3.31. The average molecular weight is 381 g/mol. The summed E-state index contributed by atoms with van der Waals surface area (Å²) in [6.07, 6.45) is -1.53. The topological polar surface area (TPSA) is 83.1 Å². The van der Waals surface area contributed by atoms with E-state index in [1.54, 1.807) is 20.8 Å². The quantitative estimate of drug-likeness (QED) is 0.494. The Kier molecular flexibility index (Phi) is 9.82. The minimum absolute atomic E-state index is 0.0949. The van der Waals surface area contributed by atoms with Gasteiger partial charge >= 0.3 is 12.1 Å². The van der Waals surface area contributed by atoms with Crippen LogP contribution in [-0.4, -0.2) is 43.2 Å². The van der Waals surface area contributed by atoms with Crippen LogP contribution >= 0.6 is 0 Å². The van der Waals surface area contributed by atoms with Crippen molar-refractivity contribution in [2.75, 3.05) is 13.2 Å². The molecule has 0 aliphatic heterocycles. The molecule has 0 saturated carbocycles. The molecule has 1 rings (SSSR count). The maximum absolute atomic E-state index is 12.2. The van der Waals surface area contributed by atoms with Crippen LogP contribution < -0.4 is 5.32 Å². The first kappa shape index (κ1) is 22.9. The van der Waals surface area contributed by atoms with Gasteiger partial charge in [-0.15, -0.1) is 0 Å². The highest BCUT2D eigenvalue weighted by Crippen LogP contribution is 2.13. The second-order valence-corrected chi connectivity index (χ2v) is 6.88. The molecule has 0 aliphatic carbocycles. The summed E-state index contributed by atoms with van der Waals surface area (Å²) < 4.78 is 21.7. The van der Waals surface area contributed by atoms with Gasteiger partial charge in [0.15, 0.2) is 6.29 Å². The maximum atomic E-state index is 12.2. The summed E-state index contributed by atoms with van der Waals surface area (Å²) >= 11 is 0. The Morgan fingerprint density at radius 2 is 1.63 bits per heavy atom. The first-order valence-corrected chi connectivity index (χ1v) is 9.17. The fourth-order valence-electron chi connectivity index (χ4n) is 2.30. The molecule has 27 heavy (non-hydrogen) atoms. The highest BCUT2D eigenvalue weighted by Gasteiger charge is 2.29. The second kappa shape index (κ2) is 11.6. The molecular weight excluding hydrogens is 350 g/mol. The minimum atomic E-state index is -0.781. The first-order valence-electron chi connectivity index (χ1n) is 9.17. The molecule has 0 bridgehead atoms. The van der Waals surface area contributed by atoms with Gasteiger partial charge in [-0.05, 0) is 40.2 Å². The molecule has 0 aromatic heterocycles. The van der Waals surface area contributed by atoms with Gasteiger partial charge in [0.1, 0.15) is 12.2 Å². The Balaban J connectivity index is 2.73. The molecule has 0 spiro atoms. The normalized spacial score (nSPS) is 12.5. The van der Waals surface area contributed by atoms with E-state index < -0.39 is 30.0 Å². The summed E-state index contributed by atoms with van der Waals surface area (Å²) in [7, 11) is 0. The van der Waals surface area contributed by atoms with Crippen LogP contribution in [0.25, 0.3) is 0 Å². The number of nitrogens with one attached hydrogen (secondary N) is 1. The Hall–Kier alpha value is -2.12. The van der Waals surface area contributed by atoms with Crippen molar-refractivity contribution in [3.8, 4) is 0 Å². The van der Waals surface area contributed by atoms with Crippen LogP contribution in [0.15, 0.2) is 30.3 Å². The third-order valence-corrected chi connectivity index (χ3v) is 3.31. The molecule has 1 aromatic rings. The molecule has 0 radical (unpaired) electrons.